The van der Waals surface area contributed by atoms with Crippen molar-refractivity contribution in [1.82, 2.24) is 4.57 Å². The number of nitrogens with zero attached hydrogens (tertiary/aromatic N) is 2. The van der Waals surface area contributed by atoms with Crippen LogP contribution in [-0.4, -0.2) is 10.5 Å². The van der Waals surface area contributed by atoms with Crippen LogP contribution >= 0.6 is 0 Å². The molecule has 0 N–H and O–H groups in total. The van der Waals surface area contributed by atoms with Gasteiger partial charge in [-0.3, -0.25) is 0 Å². The van der Waals surface area contributed by atoms with Crippen LogP contribution in [-0.2, 0) is 24.3 Å². The Bertz CT molecular complexity index is 561. The molecule has 2 rings (SSSR count). The first kappa shape index (κ1) is 14.3. The second-order valence-corrected chi connectivity index (χ2v) is 4.85. The number of carboxylic acid groups (broad SMARTS) is 1. The van der Waals surface area contributed by atoms with Gasteiger partial charge in [-0.2, -0.15) is 0 Å². The van der Waals surface area contributed by atoms with Gasteiger partial charge in [0, 0.05) is 12.4 Å². The number of carbonyl (C=O) groups is 1. The number of imidazole rings is 1. The number of carboxylic acids is 1. The van der Waals surface area contributed by atoms with E-state index in [1.807, 2.05) is 24.4 Å². The standard InChI is InChI=1S/C16H20N2O2/c1-2-15-17(10-6-9-16(19)20)11-12-18(15)13-14-7-4-3-5-8-14/h3-5,7-8,11-12H,2,6,9-10,13H2,1H3. The van der Waals surface area contributed by atoms with Crippen LogP contribution in [0.3, 0.4) is 0 Å². The van der Waals surface area contributed by atoms with Gasteiger partial charge in [0.25, 0.3) is 5.82 Å². The Morgan fingerprint density at radius 3 is 2.70 bits per heavy atom. The average molecular weight is 272 g/mol. The molecule has 0 amide bonds. The fraction of sp³-hybridized carbons (Fsp3) is 0.375. The molecule has 0 fully saturated rings. The van der Waals surface area contributed by atoms with E-state index in [1.54, 1.807) is 0 Å². The lowest BCUT2D eigenvalue weighted by atomic mass is 10.2. The number of hydrogen-bond donors (Lipinski definition) is 0. The predicted molar refractivity (Wildman–Crippen MR) is 73.8 cm³/mol. The largest absolute Gasteiger partial charge is 0.550 e. The monoisotopic (exact) mass is 272 g/mol. The number of hydrogen-bond acceptors (Lipinski definition) is 2. The van der Waals surface area contributed by atoms with Crippen molar-refractivity contribution in [2.45, 2.75) is 39.3 Å². The van der Waals surface area contributed by atoms with Crippen LogP contribution in [0.15, 0.2) is 42.7 Å². The third-order valence-corrected chi connectivity index (χ3v) is 3.38. The number of aryl methyl sites for hydroxylation is 1. The second kappa shape index (κ2) is 6.89. The van der Waals surface area contributed by atoms with E-state index in [0.29, 0.717) is 6.42 Å². The van der Waals surface area contributed by atoms with Gasteiger partial charge < -0.3 is 9.90 Å². The average Bonchev–Trinajstić information content (AvgIpc) is 2.81. The number of rotatable bonds is 7. The Morgan fingerprint density at radius 1 is 1.30 bits per heavy atom. The van der Waals surface area contributed by atoms with Crippen molar-refractivity contribution < 1.29 is 14.5 Å². The van der Waals surface area contributed by atoms with Crippen LogP contribution in [0, 0.1) is 0 Å². The Hall–Kier alpha value is -2.10. The van der Waals surface area contributed by atoms with Crippen molar-refractivity contribution in [3.8, 4) is 0 Å². The van der Waals surface area contributed by atoms with Crippen molar-refractivity contribution in [1.29, 1.82) is 0 Å². The molecule has 0 unspecified atom stereocenters. The summed E-state index contributed by atoms with van der Waals surface area (Å²) in [6.45, 7) is 3.68. The molecule has 4 nitrogen and oxygen atoms in total. The molecule has 0 bridgehead atoms. The fourth-order valence-corrected chi connectivity index (χ4v) is 2.43. The molecule has 1 heterocycles. The second-order valence-electron chi connectivity index (χ2n) is 4.85. The van der Waals surface area contributed by atoms with Crippen molar-refractivity contribution in [2.24, 2.45) is 0 Å². The third-order valence-electron chi connectivity index (χ3n) is 3.38. The van der Waals surface area contributed by atoms with Crippen LogP contribution in [0.1, 0.15) is 31.2 Å². The lowest BCUT2D eigenvalue weighted by Crippen LogP contribution is -2.37. The molecular formula is C16H20N2O2. The molecule has 1 aromatic carbocycles. The number of aliphatic carboxylic acids is 1. The molecule has 4 heteroatoms. The number of carbonyl (C=O) groups excluding carboxylic acids is 1. The highest BCUT2D eigenvalue weighted by molar-refractivity contribution is 5.64. The molecule has 0 aliphatic carbocycles. The van der Waals surface area contributed by atoms with E-state index in [2.05, 4.69) is 34.4 Å². The zero-order chi connectivity index (χ0) is 14.4. The summed E-state index contributed by atoms with van der Waals surface area (Å²) < 4.78 is 4.35. The van der Waals surface area contributed by atoms with Gasteiger partial charge in [-0.15, -0.1) is 0 Å². The SMILES string of the molecule is CCc1n(CCCC(=O)[O-])cc[n+]1Cc1ccccc1. The van der Waals surface area contributed by atoms with Crippen LogP contribution in [0.5, 0.6) is 0 Å². The van der Waals surface area contributed by atoms with E-state index < -0.39 is 5.97 Å². The molecule has 0 aliphatic heterocycles. The van der Waals surface area contributed by atoms with Gasteiger partial charge in [-0.05, 0) is 18.4 Å². The molecule has 0 radical (unpaired) electrons. The van der Waals surface area contributed by atoms with E-state index >= 15 is 0 Å². The van der Waals surface area contributed by atoms with Crippen LogP contribution < -0.4 is 9.67 Å². The van der Waals surface area contributed by atoms with Crippen LogP contribution in [0.4, 0.5) is 0 Å². The Morgan fingerprint density at radius 2 is 2.05 bits per heavy atom. The van der Waals surface area contributed by atoms with Gasteiger partial charge in [0.05, 0.1) is 6.54 Å². The first-order valence-electron chi connectivity index (χ1n) is 7.02. The maximum atomic E-state index is 10.5. The van der Waals surface area contributed by atoms with E-state index in [-0.39, 0.29) is 6.42 Å². The topological polar surface area (TPSA) is 48.9 Å². The molecule has 0 saturated carbocycles. The molecule has 1 aromatic heterocycles. The number of aromatic nitrogens is 2. The van der Waals surface area contributed by atoms with Crippen LogP contribution in [0.25, 0.3) is 0 Å². The lowest BCUT2D eigenvalue weighted by molar-refractivity contribution is -0.695. The molecule has 0 saturated heterocycles. The summed E-state index contributed by atoms with van der Waals surface area (Å²) in [5.74, 6) is 0.236. The highest BCUT2D eigenvalue weighted by atomic mass is 16.4. The fourth-order valence-electron chi connectivity index (χ4n) is 2.43. The molecule has 2 aromatic rings. The first-order chi connectivity index (χ1) is 9.70. The normalized spacial score (nSPS) is 10.7. The van der Waals surface area contributed by atoms with Gasteiger partial charge >= 0.3 is 0 Å². The molecule has 106 valence electrons. The van der Waals surface area contributed by atoms with E-state index in [1.165, 1.54) is 11.4 Å². The van der Waals surface area contributed by atoms with E-state index in [4.69, 9.17) is 0 Å². The van der Waals surface area contributed by atoms with Gasteiger partial charge in [0.1, 0.15) is 18.9 Å². The Kier molecular flexibility index (Phi) is 4.93. The van der Waals surface area contributed by atoms with Crippen LogP contribution in [0.2, 0.25) is 0 Å². The summed E-state index contributed by atoms with van der Waals surface area (Å²) in [7, 11) is 0. The molecule has 0 atom stereocenters. The maximum absolute atomic E-state index is 10.5. The predicted octanol–water partition coefficient (Wildman–Crippen LogP) is 0.916. The summed E-state index contributed by atoms with van der Waals surface area (Å²) in [5, 5.41) is 10.5. The first-order valence-corrected chi connectivity index (χ1v) is 7.02. The third kappa shape index (κ3) is 3.70. The summed E-state index contributed by atoms with van der Waals surface area (Å²) in [5.41, 5.74) is 1.26. The van der Waals surface area contributed by atoms with E-state index in [9.17, 15) is 9.90 Å². The zero-order valence-electron chi connectivity index (χ0n) is 11.8. The molecule has 0 aliphatic rings. The van der Waals surface area contributed by atoms with Gasteiger partial charge in [-0.25, -0.2) is 9.13 Å². The maximum Gasteiger partial charge on any atom is 0.256 e. The highest BCUT2D eigenvalue weighted by Crippen LogP contribution is 2.04. The Labute approximate surface area is 119 Å². The molecule has 20 heavy (non-hydrogen) atoms. The zero-order valence-corrected chi connectivity index (χ0v) is 11.8. The minimum atomic E-state index is -0.979. The quantitative estimate of drug-likeness (QED) is 0.704. The summed E-state index contributed by atoms with van der Waals surface area (Å²) >= 11 is 0. The van der Waals surface area contributed by atoms with Crippen molar-refractivity contribution in [3.63, 3.8) is 0 Å². The summed E-state index contributed by atoms with van der Waals surface area (Å²) in [6.07, 6.45) is 5.72. The summed E-state index contributed by atoms with van der Waals surface area (Å²) in [4.78, 5) is 10.5. The highest BCUT2D eigenvalue weighted by Gasteiger charge is 2.14. The van der Waals surface area contributed by atoms with Crippen molar-refractivity contribution in [2.75, 3.05) is 0 Å². The van der Waals surface area contributed by atoms with Crippen molar-refractivity contribution >= 4 is 5.97 Å². The molecule has 0 spiro atoms. The molecular weight excluding hydrogens is 252 g/mol. The minimum absolute atomic E-state index is 0.111. The van der Waals surface area contributed by atoms with Gasteiger partial charge in [-0.1, -0.05) is 37.3 Å². The minimum Gasteiger partial charge on any atom is -0.550 e. The Balaban J connectivity index is 2.07. The smallest absolute Gasteiger partial charge is 0.256 e. The summed E-state index contributed by atoms with van der Waals surface area (Å²) in [6, 6.07) is 10.3. The van der Waals surface area contributed by atoms with E-state index in [0.717, 1.165) is 19.5 Å². The lowest BCUT2D eigenvalue weighted by Gasteiger charge is -2.04. The van der Waals surface area contributed by atoms with Gasteiger partial charge in [0.15, 0.2) is 0 Å². The number of benzene rings is 1. The van der Waals surface area contributed by atoms with Gasteiger partial charge in [0.2, 0.25) is 0 Å². The van der Waals surface area contributed by atoms with Crippen molar-refractivity contribution in [3.05, 3.63) is 54.1 Å².